The van der Waals surface area contributed by atoms with Crippen LogP contribution in [0.4, 0.5) is 4.79 Å². The second kappa shape index (κ2) is 11.6. The van der Waals surface area contributed by atoms with Gasteiger partial charge in [0.25, 0.3) is 0 Å². The molecule has 1 N–H and O–H groups in total. The van der Waals surface area contributed by atoms with Gasteiger partial charge < -0.3 is 19.1 Å². The summed E-state index contributed by atoms with van der Waals surface area (Å²) in [5.74, 6) is 0.910. The highest BCUT2D eigenvalue weighted by atomic mass is 32.2. The van der Waals surface area contributed by atoms with E-state index in [4.69, 9.17) is 19.5 Å². The van der Waals surface area contributed by atoms with Crippen molar-refractivity contribution in [1.82, 2.24) is 9.62 Å². The Morgan fingerprint density at radius 1 is 1.14 bits per heavy atom. The monoisotopic (exact) mass is 515 g/mol. The molecule has 1 aliphatic rings. The van der Waals surface area contributed by atoms with Crippen molar-refractivity contribution in [2.24, 2.45) is 0 Å². The molecule has 194 valence electrons. The number of ether oxygens (including phenoxy) is 3. The van der Waals surface area contributed by atoms with Crippen LogP contribution in [0.25, 0.3) is 0 Å². The molecule has 1 amide bonds. The fourth-order valence-electron chi connectivity index (χ4n) is 3.77. The van der Waals surface area contributed by atoms with Gasteiger partial charge in [-0.15, -0.1) is 0 Å². The molecule has 1 fully saturated rings. The molecule has 0 aromatic heterocycles. The first-order valence-electron chi connectivity index (χ1n) is 11.8. The van der Waals surface area contributed by atoms with Gasteiger partial charge in [-0.1, -0.05) is 12.1 Å². The van der Waals surface area contributed by atoms with Gasteiger partial charge in [-0.2, -0.15) is 5.26 Å². The Balaban J connectivity index is 1.48. The summed E-state index contributed by atoms with van der Waals surface area (Å²) in [6.07, 6.45) is 1.64. The summed E-state index contributed by atoms with van der Waals surface area (Å²) in [5.41, 5.74) is 0.672. The van der Waals surface area contributed by atoms with Gasteiger partial charge in [0, 0.05) is 32.5 Å². The van der Waals surface area contributed by atoms with E-state index in [1.807, 2.05) is 51.1 Å². The highest BCUT2D eigenvalue weighted by Gasteiger charge is 2.27. The molecule has 2 aromatic carbocycles. The number of benzene rings is 2. The Morgan fingerprint density at radius 2 is 1.81 bits per heavy atom. The molecule has 1 aliphatic heterocycles. The second-order valence-electron chi connectivity index (χ2n) is 9.55. The van der Waals surface area contributed by atoms with Crippen molar-refractivity contribution in [2.75, 3.05) is 26.7 Å². The molecule has 0 spiro atoms. The van der Waals surface area contributed by atoms with Crippen LogP contribution in [-0.2, 0) is 21.2 Å². The number of hydrogen-bond acceptors (Lipinski definition) is 7. The average Bonchev–Trinajstić information content (AvgIpc) is 2.84. The number of hydrogen-bond donors (Lipinski definition) is 1. The molecule has 1 heterocycles. The number of piperidine rings is 1. The van der Waals surface area contributed by atoms with Crippen molar-refractivity contribution >= 4 is 16.1 Å². The normalized spacial score (nSPS) is 14.7. The predicted molar refractivity (Wildman–Crippen MR) is 135 cm³/mol. The summed E-state index contributed by atoms with van der Waals surface area (Å²) >= 11 is 0. The van der Waals surface area contributed by atoms with E-state index < -0.39 is 15.6 Å². The number of amides is 1. The van der Waals surface area contributed by atoms with E-state index in [2.05, 4.69) is 4.72 Å². The number of likely N-dealkylation sites (tertiary alicyclic amines) is 1. The largest absolute Gasteiger partial charge is 0.495 e. The number of sulfonamides is 1. The van der Waals surface area contributed by atoms with Crippen molar-refractivity contribution in [3.63, 3.8) is 0 Å². The number of rotatable bonds is 8. The lowest BCUT2D eigenvalue weighted by molar-refractivity contribution is 0.0126. The van der Waals surface area contributed by atoms with E-state index >= 15 is 0 Å². The summed E-state index contributed by atoms with van der Waals surface area (Å²) in [6, 6.07) is 13.7. The maximum Gasteiger partial charge on any atom is 0.410 e. The lowest BCUT2D eigenvalue weighted by Gasteiger charge is -2.33. The van der Waals surface area contributed by atoms with Crippen LogP contribution in [0.5, 0.6) is 11.5 Å². The van der Waals surface area contributed by atoms with Gasteiger partial charge in [0.05, 0.1) is 18.7 Å². The third kappa shape index (κ3) is 7.60. The van der Waals surface area contributed by atoms with E-state index in [9.17, 15) is 13.2 Å². The topological polar surface area (TPSA) is 118 Å². The summed E-state index contributed by atoms with van der Waals surface area (Å²) in [5, 5.41) is 9.08. The number of nitriles is 1. The number of carbonyl (C=O) groups excluding carboxylic acids is 1. The van der Waals surface area contributed by atoms with Crippen molar-refractivity contribution in [3.8, 4) is 17.6 Å². The Hall–Kier alpha value is -3.29. The van der Waals surface area contributed by atoms with Crippen molar-refractivity contribution < 1.29 is 27.4 Å². The summed E-state index contributed by atoms with van der Waals surface area (Å²) in [7, 11) is -2.46. The fraction of sp³-hybridized carbons (Fsp3) is 0.462. The second-order valence-corrected chi connectivity index (χ2v) is 11.3. The van der Waals surface area contributed by atoms with Crippen LogP contribution in [0.1, 0.15) is 44.7 Å². The average molecular weight is 516 g/mol. The first-order valence-corrected chi connectivity index (χ1v) is 13.3. The van der Waals surface area contributed by atoms with Crippen molar-refractivity contribution in [2.45, 2.75) is 56.6 Å². The van der Waals surface area contributed by atoms with Crippen LogP contribution in [0.2, 0.25) is 0 Å². The Bertz CT molecular complexity index is 1190. The van der Waals surface area contributed by atoms with Gasteiger partial charge >= 0.3 is 6.09 Å². The molecular formula is C26H33N3O6S. The summed E-state index contributed by atoms with van der Waals surface area (Å²) in [4.78, 5) is 13.9. The molecule has 36 heavy (non-hydrogen) atoms. The zero-order valence-electron chi connectivity index (χ0n) is 21.1. The third-order valence-corrected chi connectivity index (χ3v) is 7.09. The molecule has 0 saturated carbocycles. The molecule has 0 aliphatic carbocycles. The maximum absolute atomic E-state index is 12.7. The van der Waals surface area contributed by atoms with Crippen LogP contribution >= 0.6 is 0 Å². The highest BCUT2D eigenvalue weighted by Crippen LogP contribution is 2.25. The number of nitrogens with one attached hydrogen (secondary N) is 1. The number of methoxy groups -OCH3 is 1. The maximum atomic E-state index is 12.7. The van der Waals surface area contributed by atoms with E-state index in [1.165, 1.54) is 25.3 Å². The Kier molecular flexibility index (Phi) is 8.82. The van der Waals surface area contributed by atoms with Crippen LogP contribution in [-0.4, -0.2) is 57.9 Å². The first kappa shape index (κ1) is 27.3. The van der Waals surface area contributed by atoms with E-state index in [0.717, 1.165) is 24.2 Å². The highest BCUT2D eigenvalue weighted by molar-refractivity contribution is 7.89. The fourth-order valence-corrected chi connectivity index (χ4v) is 5.00. The minimum absolute atomic E-state index is 0.0144. The minimum Gasteiger partial charge on any atom is -0.495 e. The lowest BCUT2D eigenvalue weighted by Crippen LogP contribution is -2.44. The standard InChI is InChI=1S/C26H33N3O6S/c1-26(2,3)35-25(30)29-15-12-22(13-16-29)34-21-8-5-19(6-9-21)11-14-28-36(31,32)24-17-20(18-27)7-10-23(24)33-4/h5-10,17,22,28H,11-16H2,1-4H3. The van der Waals surface area contributed by atoms with E-state index in [1.54, 1.807) is 4.90 Å². The molecule has 2 aromatic rings. The lowest BCUT2D eigenvalue weighted by atomic mass is 10.1. The predicted octanol–water partition coefficient (Wildman–Crippen LogP) is 3.87. The molecule has 0 radical (unpaired) electrons. The van der Waals surface area contributed by atoms with E-state index in [0.29, 0.717) is 19.5 Å². The zero-order chi connectivity index (χ0) is 26.3. The molecule has 1 saturated heterocycles. The SMILES string of the molecule is COc1ccc(C#N)cc1S(=O)(=O)NCCc1ccc(OC2CCN(C(=O)OC(C)(C)C)CC2)cc1. The molecule has 0 atom stereocenters. The Labute approximate surface area is 213 Å². The van der Waals surface area contributed by atoms with Crippen LogP contribution in [0.15, 0.2) is 47.4 Å². The minimum atomic E-state index is -3.84. The quantitative estimate of drug-likeness (QED) is 0.567. The number of nitrogens with zero attached hydrogens (tertiary/aromatic N) is 2. The molecule has 0 bridgehead atoms. The third-order valence-electron chi connectivity index (χ3n) is 5.61. The van der Waals surface area contributed by atoms with Gasteiger partial charge in [-0.3, -0.25) is 0 Å². The zero-order valence-corrected chi connectivity index (χ0v) is 21.9. The molecule has 3 rings (SSSR count). The molecule has 10 heteroatoms. The van der Waals surface area contributed by atoms with Gasteiger partial charge in [-0.25, -0.2) is 17.9 Å². The summed E-state index contributed by atoms with van der Waals surface area (Å²) < 4.78 is 44.7. The first-order chi connectivity index (χ1) is 17.0. The van der Waals surface area contributed by atoms with Crippen molar-refractivity contribution in [3.05, 3.63) is 53.6 Å². The van der Waals surface area contributed by atoms with Gasteiger partial charge in [0.15, 0.2) is 0 Å². The Morgan fingerprint density at radius 3 is 2.39 bits per heavy atom. The summed E-state index contributed by atoms with van der Waals surface area (Å²) in [6.45, 7) is 6.91. The van der Waals surface area contributed by atoms with Crippen LogP contribution in [0, 0.1) is 11.3 Å². The van der Waals surface area contributed by atoms with Crippen molar-refractivity contribution in [1.29, 1.82) is 5.26 Å². The van der Waals surface area contributed by atoms with Crippen LogP contribution < -0.4 is 14.2 Å². The van der Waals surface area contributed by atoms with Gasteiger partial charge in [0.1, 0.15) is 28.1 Å². The molecular weight excluding hydrogens is 482 g/mol. The number of carbonyl (C=O) groups is 1. The smallest absolute Gasteiger partial charge is 0.410 e. The van der Waals surface area contributed by atoms with E-state index in [-0.39, 0.29) is 35.0 Å². The molecule has 9 nitrogen and oxygen atoms in total. The van der Waals surface area contributed by atoms with Crippen LogP contribution in [0.3, 0.4) is 0 Å². The van der Waals surface area contributed by atoms with Gasteiger partial charge in [-0.05, 0) is 63.1 Å². The molecule has 0 unspecified atom stereocenters. The van der Waals surface area contributed by atoms with Gasteiger partial charge in [0.2, 0.25) is 10.0 Å².